The van der Waals surface area contributed by atoms with E-state index in [1.165, 1.54) is 12.1 Å². The summed E-state index contributed by atoms with van der Waals surface area (Å²) in [4.78, 5) is 11.1. The fourth-order valence-electron chi connectivity index (χ4n) is 3.00. The molecular weight excluding hydrogens is 411 g/mol. The van der Waals surface area contributed by atoms with Gasteiger partial charge in [-0.25, -0.2) is 0 Å². The number of ether oxygens (including phenoxy) is 1. The van der Waals surface area contributed by atoms with Gasteiger partial charge in [0.2, 0.25) is 0 Å². The summed E-state index contributed by atoms with van der Waals surface area (Å²) >= 11 is 0. The van der Waals surface area contributed by atoms with Gasteiger partial charge in [0.05, 0.1) is 18.1 Å². The Morgan fingerprint density at radius 3 is 2.55 bits per heavy atom. The van der Waals surface area contributed by atoms with Crippen LogP contribution in [-0.2, 0) is 17.4 Å². The first kappa shape index (κ1) is 22.4. The normalized spacial score (nSPS) is 12.5. The van der Waals surface area contributed by atoms with Crippen LogP contribution in [0.2, 0.25) is 0 Å². The van der Waals surface area contributed by atoms with Gasteiger partial charge in [0.15, 0.2) is 0 Å². The molecule has 3 rings (SSSR count). The lowest BCUT2D eigenvalue weighted by atomic mass is 10.0. The van der Waals surface area contributed by atoms with Crippen molar-refractivity contribution < 1.29 is 32.3 Å². The third-order valence-corrected chi connectivity index (χ3v) is 4.88. The first-order valence-electron chi connectivity index (χ1n) is 9.83. The molecule has 0 spiro atoms. The molecule has 0 saturated carbocycles. The van der Waals surface area contributed by atoms with Crippen molar-refractivity contribution in [3.63, 3.8) is 0 Å². The number of carboxylic acids is 1. The maximum atomic E-state index is 12.7. The van der Waals surface area contributed by atoms with Crippen molar-refractivity contribution in [2.24, 2.45) is 0 Å². The second-order valence-corrected chi connectivity index (χ2v) is 7.19. The number of halogens is 3. The number of aromatic nitrogens is 1. The Balaban J connectivity index is 1.46. The smallest absolute Gasteiger partial charge is 0.416 e. The van der Waals surface area contributed by atoms with Crippen LogP contribution in [0, 0.1) is 0 Å². The van der Waals surface area contributed by atoms with Crippen molar-refractivity contribution >= 4 is 5.97 Å². The molecule has 2 aromatic carbocycles. The quantitative estimate of drug-likeness (QED) is 0.422. The predicted molar refractivity (Wildman–Crippen MR) is 108 cm³/mol. The Kier molecular flexibility index (Phi) is 6.99. The van der Waals surface area contributed by atoms with E-state index in [1.807, 2.05) is 0 Å². The maximum Gasteiger partial charge on any atom is 0.416 e. The number of carboxylic acid groups (broad SMARTS) is 1. The summed E-state index contributed by atoms with van der Waals surface area (Å²) in [6.45, 7) is 2.09. The van der Waals surface area contributed by atoms with Crippen LogP contribution in [-0.4, -0.2) is 22.8 Å². The first-order valence-corrected chi connectivity index (χ1v) is 9.83. The summed E-state index contributed by atoms with van der Waals surface area (Å²) in [5, 5.41) is 13.0. The Morgan fingerprint density at radius 1 is 1.13 bits per heavy atom. The van der Waals surface area contributed by atoms with Crippen molar-refractivity contribution in [2.75, 3.05) is 6.61 Å². The molecule has 0 amide bonds. The Labute approximate surface area is 177 Å². The minimum Gasteiger partial charge on any atom is -0.494 e. The van der Waals surface area contributed by atoms with Crippen LogP contribution in [0.3, 0.4) is 0 Å². The second-order valence-electron chi connectivity index (χ2n) is 7.19. The number of aliphatic carboxylic acids is 1. The van der Waals surface area contributed by atoms with Gasteiger partial charge in [-0.3, -0.25) is 4.79 Å². The molecule has 0 aliphatic carbocycles. The van der Waals surface area contributed by atoms with Crippen LogP contribution in [0.4, 0.5) is 13.2 Å². The van der Waals surface area contributed by atoms with Gasteiger partial charge in [-0.1, -0.05) is 29.4 Å². The topological polar surface area (TPSA) is 72.6 Å². The lowest BCUT2D eigenvalue weighted by molar-refractivity contribution is -0.138. The van der Waals surface area contributed by atoms with Crippen molar-refractivity contribution in [1.29, 1.82) is 0 Å². The van der Waals surface area contributed by atoms with E-state index < -0.39 is 23.6 Å². The standard InChI is InChI=1S/C23H22F3NO4/c1-15(22(28)29)17-5-4-7-19(13-17)30-12-3-2-6-20-14-21(27-31-20)16-8-10-18(11-9-16)23(24,25)26/h4-5,7-11,13-15H,2-3,6,12H2,1H3,(H,28,29). The summed E-state index contributed by atoms with van der Waals surface area (Å²) in [7, 11) is 0. The van der Waals surface area contributed by atoms with Crippen molar-refractivity contribution in [2.45, 2.75) is 38.3 Å². The van der Waals surface area contributed by atoms with E-state index >= 15 is 0 Å². The number of hydrogen-bond donors (Lipinski definition) is 1. The van der Waals surface area contributed by atoms with Gasteiger partial charge in [0.25, 0.3) is 0 Å². The number of nitrogens with zero attached hydrogens (tertiary/aromatic N) is 1. The molecule has 3 aromatic rings. The van der Waals surface area contributed by atoms with E-state index in [-0.39, 0.29) is 0 Å². The molecular formula is C23H22F3NO4. The molecule has 0 bridgehead atoms. The Hall–Kier alpha value is -3.29. The monoisotopic (exact) mass is 433 g/mol. The van der Waals surface area contributed by atoms with Gasteiger partial charge in [-0.15, -0.1) is 0 Å². The summed E-state index contributed by atoms with van der Waals surface area (Å²) in [6, 6.07) is 13.5. The minimum atomic E-state index is -4.37. The highest BCUT2D eigenvalue weighted by Gasteiger charge is 2.30. The highest BCUT2D eigenvalue weighted by Crippen LogP contribution is 2.31. The summed E-state index contributed by atoms with van der Waals surface area (Å²) in [6.07, 6.45) is -2.24. The van der Waals surface area contributed by atoms with Gasteiger partial charge in [0, 0.05) is 18.1 Å². The van der Waals surface area contributed by atoms with Crippen molar-refractivity contribution in [3.05, 3.63) is 71.5 Å². The highest BCUT2D eigenvalue weighted by atomic mass is 19.4. The summed E-state index contributed by atoms with van der Waals surface area (Å²) in [5.41, 5.74) is 1.02. The molecule has 31 heavy (non-hydrogen) atoms. The van der Waals surface area contributed by atoms with E-state index in [1.54, 1.807) is 37.3 Å². The SMILES string of the molecule is CC(C(=O)O)c1cccc(OCCCCc2cc(-c3ccc(C(F)(F)F)cc3)no2)c1. The molecule has 8 heteroatoms. The summed E-state index contributed by atoms with van der Waals surface area (Å²) in [5.74, 6) is -0.226. The third kappa shape index (κ3) is 6.10. The average molecular weight is 433 g/mol. The molecule has 1 N–H and O–H groups in total. The number of aryl methyl sites for hydroxylation is 1. The molecule has 0 aliphatic heterocycles. The zero-order chi connectivity index (χ0) is 22.4. The molecule has 1 atom stereocenters. The van der Waals surface area contributed by atoms with Crippen LogP contribution in [0.15, 0.2) is 59.1 Å². The van der Waals surface area contributed by atoms with E-state index in [4.69, 9.17) is 14.4 Å². The molecule has 0 radical (unpaired) electrons. The molecule has 0 aliphatic rings. The number of rotatable bonds is 9. The minimum absolute atomic E-state index is 0.463. The Bertz CT molecular complexity index is 1010. The first-order chi connectivity index (χ1) is 14.7. The zero-order valence-corrected chi connectivity index (χ0v) is 16.9. The van der Waals surface area contributed by atoms with Crippen molar-refractivity contribution in [1.82, 2.24) is 5.16 Å². The van der Waals surface area contributed by atoms with Gasteiger partial charge in [0.1, 0.15) is 17.2 Å². The molecule has 1 unspecified atom stereocenters. The average Bonchev–Trinajstić information content (AvgIpc) is 3.21. The van der Waals surface area contributed by atoms with Gasteiger partial charge in [-0.05, 0) is 49.6 Å². The largest absolute Gasteiger partial charge is 0.494 e. The fraction of sp³-hybridized carbons (Fsp3) is 0.304. The Morgan fingerprint density at radius 2 is 1.87 bits per heavy atom. The van der Waals surface area contributed by atoms with Gasteiger partial charge in [-0.2, -0.15) is 13.2 Å². The van der Waals surface area contributed by atoms with Crippen LogP contribution in [0.25, 0.3) is 11.3 Å². The van der Waals surface area contributed by atoms with E-state index in [2.05, 4.69) is 5.16 Å². The summed E-state index contributed by atoms with van der Waals surface area (Å²) < 4.78 is 48.9. The maximum absolute atomic E-state index is 12.7. The van der Waals surface area contributed by atoms with E-state index in [9.17, 15) is 18.0 Å². The number of alkyl halides is 3. The fourth-order valence-corrected chi connectivity index (χ4v) is 3.00. The van der Waals surface area contributed by atoms with Gasteiger partial charge < -0.3 is 14.4 Å². The molecule has 0 saturated heterocycles. The lowest BCUT2D eigenvalue weighted by Crippen LogP contribution is -2.07. The van der Waals surface area contributed by atoms with Crippen LogP contribution < -0.4 is 4.74 Å². The van der Waals surface area contributed by atoms with Crippen molar-refractivity contribution in [3.8, 4) is 17.0 Å². The predicted octanol–water partition coefficient (Wildman–Crippen LogP) is 5.95. The van der Waals surface area contributed by atoms with Crippen LogP contribution in [0.5, 0.6) is 5.75 Å². The second kappa shape index (κ2) is 9.68. The number of benzene rings is 2. The number of hydrogen-bond acceptors (Lipinski definition) is 4. The van der Waals surface area contributed by atoms with Crippen LogP contribution >= 0.6 is 0 Å². The lowest BCUT2D eigenvalue weighted by Gasteiger charge is -2.10. The number of carbonyl (C=O) groups is 1. The van der Waals surface area contributed by atoms with Gasteiger partial charge >= 0.3 is 12.1 Å². The number of unbranched alkanes of at least 4 members (excludes halogenated alkanes) is 1. The molecule has 0 fully saturated rings. The third-order valence-electron chi connectivity index (χ3n) is 4.88. The highest BCUT2D eigenvalue weighted by molar-refractivity contribution is 5.75. The van der Waals surface area contributed by atoms with E-state index in [0.29, 0.717) is 41.4 Å². The van der Waals surface area contributed by atoms with E-state index in [0.717, 1.165) is 25.0 Å². The molecule has 1 heterocycles. The molecule has 1 aromatic heterocycles. The molecule has 5 nitrogen and oxygen atoms in total. The van der Waals surface area contributed by atoms with Crippen LogP contribution in [0.1, 0.15) is 42.6 Å². The molecule has 164 valence electrons. The zero-order valence-electron chi connectivity index (χ0n) is 16.9.